The van der Waals surface area contributed by atoms with Crippen LogP contribution >= 0.6 is 0 Å². The fourth-order valence-electron chi connectivity index (χ4n) is 4.20. The summed E-state index contributed by atoms with van der Waals surface area (Å²) in [7, 11) is 1.72. The largest absolute Gasteiger partial charge is 0.492 e. The fraction of sp³-hybridized carbons (Fsp3) is 0.565. The van der Waals surface area contributed by atoms with Gasteiger partial charge >= 0.3 is 0 Å². The molecular weight excluding hydrogens is 380 g/mol. The van der Waals surface area contributed by atoms with Crippen LogP contribution < -0.4 is 14.5 Å². The Balaban J connectivity index is 1.54. The lowest BCUT2D eigenvalue weighted by Crippen LogP contribution is -2.47. The second kappa shape index (κ2) is 10.1. The van der Waals surface area contributed by atoms with Crippen molar-refractivity contribution in [2.24, 2.45) is 0 Å². The van der Waals surface area contributed by atoms with Gasteiger partial charge < -0.3 is 24.0 Å². The van der Waals surface area contributed by atoms with Crippen LogP contribution in [0.15, 0.2) is 24.3 Å². The van der Waals surface area contributed by atoms with E-state index in [0.717, 1.165) is 81.7 Å². The molecule has 0 saturated carbocycles. The van der Waals surface area contributed by atoms with E-state index in [9.17, 15) is 0 Å². The Bertz CT molecular complexity index is 837. The smallest absolute Gasteiger partial charge is 0.142 e. The van der Waals surface area contributed by atoms with E-state index in [1.807, 2.05) is 13.0 Å². The van der Waals surface area contributed by atoms with Crippen molar-refractivity contribution >= 4 is 11.5 Å². The minimum Gasteiger partial charge on any atom is -0.492 e. The first kappa shape index (κ1) is 20.9. The van der Waals surface area contributed by atoms with Crippen LogP contribution in [0.25, 0.3) is 0 Å². The lowest BCUT2D eigenvalue weighted by molar-refractivity contribution is 0.146. The van der Waals surface area contributed by atoms with Crippen LogP contribution in [0.3, 0.4) is 0 Å². The first-order chi connectivity index (χ1) is 14.8. The van der Waals surface area contributed by atoms with Gasteiger partial charge in [-0.2, -0.15) is 0 Å². The van der Waals surface area contributed by atoms with Crippen LogP contribution in [-0.2, 0) is 28.7 Å². The minimum atomic E-state index is 0.636. The van der Waals surface area contributed by atoms with Gasteiger partial charge in [-0.05, 0) is 19.1 Å². The number of hydrogen-bond donors (Lipinski definition) is 0. The van der Waals surface area contributed by atoms with Crippen LogP contribution in [0.4, 0.5) is 11.5 Å². The molecule has 0 aliphatic carbocycles. The molecule has 7 heteroatoms. The molecule has 3 heterocycles. The molecule has 0 spiro atoms. The van der Waals surface area contributed by atoms with E-state index in [0.29, 0.717) is 13.2 Å². The predicted molar refractivity (Wildman–Crippen MR) is 118 cm³/mol. The minimum absolute atomic E-state index is 0.636. The summed E-state index contributed by atoms with van der Waals surface area (Å²) < 4.78 is 16.8. The third-order valence-corrected chi connectivity index (χ3v) is 5.71. The van der Waals surface area contributed by atoms with Crippen LogP contribution in [-0.4, -0.2) is 69.7 Å². The number of ether oxygens (including phenoxy) is 3. The third-order valence-electron chi connectivity index (χ3n) is 5.71. The van der Waals surface area contributed by atoms with Gasteiger partial charge in [-0.1, -0.05) is 12.1 Å². The number of rotatable bonds is 7. The van der Waals surface area contributed by atoms with Gasteiger partial charge in [0.2, 0.25) is 0 Å². The van der Waals surface area contributed by atoms with Gasteiger partial charge in [-0.15, -0.1) is 0 Å². The standard InChI is InChI=1S/C23H32N4O3/c1-3-30-21-7-5-4-6-20(21)26-11-13-27(14-12-26)23-18-8-16-29-17-9-19(18)24-22(25-23)10-15-28-2/h4-7H,3,8-17H2,1-2H3. The summed E-state index contributed by atoms with van der Waals surface area (Å²) >= 11 is 0. The number of nitrogens with zero attached hydrogens (tertiary/aromatic N) is 4. The molecule has 1 saturated heterocycles. The second-order valence-electron chi connectivity index (χ2n) is 7.62. The molecule has 2 aromatic rings. The maximum Gasteiger partial charge on any atom is 0.142 e. The topological polar surface area (TPSA) is 60.0 Å². The Kier molecular flexibility index (Phi) is 7.02. The summed E-state index contributed by atoms with van der Waals surface area (Å²) in [5.74, 6) is 2.93. The number of para-hydroxylation sites is 2. The highest BCUT2D eigenvalue weighted by Crippen LogP contribution is 2.31. The van der Waals surface area contributed by atoms with Gasteiger partial charge in [0.05, 0.1) is 37.8 Å². The van der Waals surface area contributed by atoms with Crippen molar-refractivity contribution in [2.45, 2.75) is 26.2 Å². The van der Waals surface area contributed by atoms with Gasteiger partial charge in [-0.3, -0.25) is 0 Å². The quantitative estimate of drug-likeness (QED) is 0.692. The second-order valence-corrected chi connectivity index (χ2v) is 7.62. The Labute approximate surface area is 179 Å². The maximum absolute atomic E-state index is 5.84. The molecule has 1 aromatic heterocycles. The summed E-state index contributed by atoms with van der Waals surface area (Å²) in [6.07, 6.45) is 2.47. The zero-order chi connectivity index (χ0) is 20.8. The van der Waals surface area contributed by atoms with Crippen molar-refractivity contribution in [1.82, 2.24) is 9.97 Å². The first-order valence-corrected chi connectivity index (χ1v) is 11.0. The van der Waals surface area contributed by atoms with Crippen molar-refractivity contribution in [3.8, 4) is 5.75 Å². The number of fused-ring (bicyclic) bond motifs is 1. The molecule has 1 fully saturated rings. The van der Waals surface area contributed by atoms with Gasteiger partial charge in [0, 0.05) is 58.1 Å². The van der Waals surface area contributed by atoms with Gasteiger partial charge in [0.1, 0.15) is 17.4 Å². The average molecular weight is 413 g/mol. The molecule has 0 atom stereocenters. The molecule has 0 radical (unpaired) electrons. The van der Waals surface area contributed by atoms with Gasteiger partial charge in [-0.25, -0.2) is 9.97 Å². The molecule has 0 amide bonds. The van der Waals surface area contributed by atoms with Crippen molar-refractivity contribution in [3.05, 3.63) is 41.3 Å². The number of piperazine rings is 1. The Morgan fingerprint density at radius 2 is 1.77 bits per heavy atom. The van der Waals surface area contributed by atoms with Crippen molar-refractivity contribution < 1.29 is 14.2 Å². The van der Waals surface area contributed by atoms with E-state index in [2.05, 4.69) is 28.0 Å². The molecule has 0 unspecified atom stereocenters. The Morgan fingerprint density at radius 3 is 2.57 bits per heavy atom. The summed E-state index contributed by atoms with van der Waals surface area (Å²) in [4.78, 5) is 14.6. The normalized spacial score (nSPS) is 16.9. The maximum atomic E-state index is 5.84. The molecule has 2 aliphatic heterocycles. The molecule has 0 bridgehead atoms. The third kappa shape index (κ3) is 4.68. The molecule has 30 heavy (non-hydrogen) atoms. The lowest BCUT2D eigenvalue weighted by atomic mass is 10.1. The van der Waals surface area contributed by atoms with Crippen LogP contribution in [0.1, 0.15) is 24.0 Å². The van der Waals surface area contributed by atoms with Crippen LogP contribution in [0, 0.1) is 0 Å². The van der Waals surface area contributed by atoms with Crippen molar-refractivity contribution in [2.75, 3.05) is 69.5 Å². The molecule has 0 N–H and O–H groups in total. The highest BCUT2D eigenvalue weighted by atomic mass is 16.5. The highest BCUT2D eigenvalue weighted by molar-refractivity contribution is 5.60. The predicted octanol–water partition coefficient (Wildman–Crippen LogP) is 2.51. The number of methoxy groups -OCH3 is 1. The van der Waals surface area contributed by atoms with E-state index >= 15 is 0 Å². The van der Waals surface area contributed by atoms with E-state index < -0.39 is 0 Å². The average Bonchev–Trinajstić information content (AvgIpc) is 3.03. The molecule has 1 aromatic carbocycles. The zero-order valence-electron chi connectivity index (χ0n) is 18.1. The number of anilines is 2. The van der Waals surface area contributed by atoms with Gasteiger partial charge in [0.15, 0.2) is 0 Å². The molecule has 4 rings (SSSR count). The summed E-state index contributed by atoms with van der Waals surface area (Å²) in [6, 6.07) is 8.32. The van der Waals surface area contributed by atoms with Crippen molar-refractivity contribution in [3.63, 3.8) is 0 Å². The van der Waals surface area contributed by atoms with E-state index in [1.54, 1.807) is 7.11 Å². The lowest BCUT2D eigenvalue weighted by Gasteiger charge is -2.38. The summed E-state index contributed by atoms with van der Waals surface area (Å²) in [5.41, 5.74) is 3.58. The Morgan fingerprint density at radius 1 is 1.00 bits per heavy atom. The Hall–Kier alpha value is -2.38. The van der Waals surface area contributed by atoms with Crippen LogP contribution in [0.5, 0.6) is 5.75 Å². The van der Waals surface area contributed by atoms with Crippen molar-refractivity contribution in [1.29, 1.82) is 0 Å². The van der Waals surface area contributed by atoms with E-state index in [4.69, 9.17) is 24.2 Å². The molecular formula is C23H32N4O3. The molecule has 7 nitrogen and oxygen atoms in total. The van der Waals surface area contributed by atoms with E-state index in [-0.39, 0.29) is 0 Å². The number of benzene rings is 1. The summed E-state index contributed by atoms with van der Waals surface area (Å²) in [6.45, 7) is 8.54. The number of aromatic nitrogens is 2. The first-order valence-electron chi connectivity index (χ1n) is 11.0. The monoisotopic (exact) mass is 412 g/mol. The van der Waals surface area contributed by atoms with Crippen LogP contribution in [0.2, 0.25) is 0 Å². The van der Waals surface area contributed by atoms with E-state index in [1.165, 1.54) is 11.3 Å². The molecule has 2 aliphatic rings. The zero-order valence-corrected chi connectivity index (χ0v) is 18.1. The molecule has 162 valence electrons. The van der Waals surface area contributed by atoms with Gasteiger partial charge in [0.25, 0.3) is 0 Å². The highest BCUT2D eigenvalue weighted by Gasteiger charge is 2.25. The fourth-order valence-corrected chi connectivity index (χ4v) is 4.20. The summed E-state index contributed by atoms with van der Waals surface area (Å²) in [5, 5.41) is 0. The number of hydrogen-bond acceptors (Lipinski definition) is 7. The SMILES string of the molecule is CCOc1ccccc1N1CCN(c2nc(CCOC)nc3c2CCOCC3)CC1.